The number of thiazole rings is 1. The summed E-state index contributed by atoms with van der Waals surface area (Å²) in [5.74, 6) is 0.894. The minimum absolute atomic E-state index is 0.306. The van der Waals surface area contributed by atoms with Gasteiger partial charge in [-0.15, -0.1) is 21.5 Å². The van der Waals surface area contributed by atoms with Crippen molar-refractivity contribution in [2.75, 3.05) is 25.8 Å². The van der Waals surface area contributed by atoms with Gasteiger partial charge in [0.1, 0.15) is 5.82 Å². The maximum atomic E-state index is 12.9. The van der Waals surface area contributed by atoms with Crippen molar-refractivity contribution in [2.45, 2.75) is 31.5 Å². The van der Waals surface area contributed by atoms with Crippen LogP contribution in [0.1, 0.15) is 29.5 Å². The maximum Gasteiger partial charge on any atom is 0.338 e. The molecular weight excluding hydrogens is 526 g/mol. The first-order chi connectivity index (χ1) is 18.4. The first-order valence-electron chi connectivity index (χ1n) is 11.6. The fourth-order valence-electron chi connectivity index (χ4n) is 3.68. The van der Waals surface area contributed by atoms with Crippen molar-refractivity contribution in [1.82, 2.24) is 19.7 Å². The highest BCUT2D eigenvalue weighted by Gasteiger charge is 2.23. The molecule has 0 spiro atoms. The van der Waals surface area contributed by atoms with Crippen LogP contribution in [-0.2, 0) is 9.53 Å². The van der Waals surface area contributed by atoms with E-state index < -0.39 is 18.0 Å². The monoisotopic (exact) mass is 553 g/mol. The van der Waals surface area contributed by atoms with Crippen molar-refractivity contribution in [3.8, 4) is 28.4 Å². The van der Waals surface area contributed by atoms with E-state index in [4.69, 9.17) is 14.2 Å². The van der Waals surface area contributed by atoms with E-state index in [2.05, 4.69) is 20.5 Å². The number of nitrogens with zero attached hydrogens (tertiary/aromatic N) is 4. The normalized spacial score (nSPS) is 11.6. The summed E-state index contributed by atoms with van der Waals surface area (Å²) in [6, 6.07) is 12.4. The lowest BCUT2D eigenvalue weighted by Crippen LogP contribution is -2.32. The first kappa shape index (κ1) is 27.1. The van der Waals surface area contributed by atoms with Crippen LogP contribution in [0.4, 0.5) is 5.13 Å². The Morgan fingerprint density at radius 1 is 1.08 bits per heavy atom. The summed E-state index contributed by atoms with van der Waals surface area (Å²) in [6.07, 6.45) is 1.25. The van der Waals surface area contributed by atoms with Gasteiger partial charge in [0, 0.05) is 16.6 Å². The SMILES string of the molecule is CCC(OC(=O)c1ccc(-n2c(C)nnc2SC)cc1)C(=O)Nc1nc(-c2ccc(OC)c(OC)c2)cs1. The fourth-order valence-corrected chi connectivity index (χ4v) is 4.95. The summed E-state index contributed by atoms with van der Waals surface area (Å²) >= 11 is 2.75. The molecule has 0 fully saturated rings. The molecule has 0 bridgehead atoms. The molecule has 0 saturated heterocycles. The van der Waals surface area contributed by atoms with Gasteiger partial charge in [0.05, 0.1) is 25.5 Å². The van der Waals surface area contributed by atoms with Crippen LogP contribution in [0.25, 0.3) is 16.9 Å². The minimum Gasteiger partial charge on any atom is -0.493 e. The maximum absolute atomic E-state index is 12.9. The molecule has 0 aliphatic heterocycles. The number of carbonyl (C=O) groups is 2. The molecule has 12 heteroatoms. The zero-order chi connectivity index (χ0) is 27.2. The second kappa shape index (κ2) is 12.1. The van der Waals surface area contributed by atoms with Crippen molar-refractivity contribution in [3.05, 3.63) is 59.2 Å². The van der Waals surface area contributed by atoms with Crippen LogP contribution in [0, 0.1) is 6.92 Å². The Morgan fingerprint density at radius 2 is 1.82 bits per heavy atom. The number of nitrogens with one attached hydrogen (secondary N) is 1. The van der Waals surface area contributed by atoms with E-state index >= 15 is 0 Å². The van der Waals surface area contributed by atoms with Crippen LogP contribution in [0.2, 0.25) is 0 Å². The molecule has 0 aliphatic rings. The number of benzene rings is 2. The smallest absolute Gasteiger partial charge is 0.338 e. The van der Waals surface area contributed by atoms with Gasteiger partial charge in [0.25, 0.3) is 5.91 Å². The molecule has 0 aliphatic carbocycles. The second-order valence-electron chi connectivity index (χ2n) is 8.02. The van der Waals surface area contributed by atoms with Crippen LogP contribution in [0.3, 0.4) is 0 Å². The van der Waals surface area contributed by atoms with Crippen LogP contribution in [0.15, 0.2) is 53.0 Å². The third-order valence-corrected chi connectivity index (χ3v) is 7.05. The van der Waals surface area contributed by atoms with Gasteiger partial charge in [0.15, 0.2) is 27.9 Å². The number of anilines is 1. The van der Waals surface area contributed by atoms with Gasteiger partial charge < -0.3 is 14.2 Å². The quantitative estimate of drug-likeness (QED) is 0.213. The highest BCUT2D eigenvalue weighted by atomic mass is 32.2. The van der Waals surface area contributed by atoms with Gasteiger partial charge in [-0.25, -0.2) is 9.78 Å². The standard InChI is InChI=1S/C26H27N5O5S2/c1-6-20(36-24(33)16-7-10-18(11-8-16)31-15(2)29-30-26(31)37-5)23(32)28-25-27-19(14-38-25)17-9-12-21(34-3)22(13-17)35-4/h7-14,20H,6H2,1-5H3,(H,27,28,32). The number of rotatable bonds is 10. The van der Waals surface area contributed by atoms with E-state index in [1.54, 1.807) is 51.5 Å². The van der Waals surface area contributed by atoms with E-state index in [1.807, 2.05) is 35.3 Å². The number of amides is 1. The van der Waals surface area contributed by atoms with Gasteiger partial charge >= 0.3 is 5.97 Å². The number of thioether (sulfide) groups is 1. The van der Waals surface area contributed by atoms with Crippen molar-refractivity contribution < 1.29 is 23.8 Å². The number of carbonyl (C=O) groups excluding carboxylic acids is 2. The number of ether oxygens (including phenoxy) is 3. The highest BCUT2D eigenvalue weighted by Crippen LogP contribution is 2.33. The molecule has 0 radical (unpaired) electrons. The molecule has 2 aromatic heterocycles. The molecule has 2 heterocycles. The zero-order valence-corrected chi connectivity index (χ0v) is 23.2. The Morgan fingerprint density at radius 3 is 2.47 bits per heavy atom. The van der Waals surface area contributed by atoms with Crippen molar-refractivity contribution in [1.29, 1.82) is 0 Å². The lowest BCUT2D eigenvalue weighted by atomic mass is 10.1. The number of hydrogen-bond donors (Lipinski definition) is 1. The lowest BCUT2D eigenvalue weighted by Gasteiger charge is -2.15. The van der Waals surface area contributed by atoms with Crippen LogP contribution >= 0.6 is 23.1 Å². The molecule has 38 heavy (non-hydrogen) atoms. The number of aromatic nitrogens is 4. The molecule has 0 saturated carbocycles. The summed E-state index contributed by atoms with van der Waals surface area (Å²) in [6.45, 7) is 3.63. The fraction of sp³-hybridized carbons (Fsp3) is 0.269. The zero-order valence-electron chi connectivity index (χ0n) is 21.5. The summed E-state index contributed by atoms with van der Waals surface area (Å²) in [5.41, 5.74) is 2.64. The first-order valence-corrected chi connectivity index (χ1v) is 13.7. The van der Waals surface area contributed by atoms with E-state index in [9.17, 15) is 9.59 Å². The number of hydrogen-bond acceptors (Lipinski definition) is 10. The third kappa shape index (κ3) is 5.81. The Bertz CT molecular complexity index is 1430. The summed E-state index contributed by atoms with van der Waals surface area (Å²) in [5, 5.41) is 14.0. The molecule has 1 amide bonds. The highest BCUT2D eigenvalue weighted by molar-refractivity contribution is 7.98. The molecule has 198 valence electrons. The molecule has 1 atom stereocenters. The van der Waals surface area contributed by atoms with Gasteiger partial charge in [-0.2, -0.15) is 0 Å². The van der Waals surface area contributed by atoms with Crippen LogP contribution in [-0.4, -0.2) is 58.2 Å². The lowest BCUT2D eigenvalue weighted by molar-refractivity contribution is -0.124. The predicted molar refractivity (Wildman–Crippen MR) is 147 cm³/mol. The van der Waals surface area contributed by atoms with E-state index in [1.165, 1.54) is 23.1 Å². The number of esters is 1. The van der Waals surface area contributed by atoms with Crippen molar-refractivity contribution >= 4 is 40.1 Å². The molecule has 4 aromatic rings. The van der Waals surface area contributed by atoms with Gasteiger partial charge in [-0.1, -0.05) is 18.7 Å². The Labute approximate surface area is 228 Å². The molecule has 1 unspecified atom stereocenters. The van der Waals surface area contributed by atoms with Gasteiger partial charge in [-0.3, -0.25) is 14.7 Å². The van der Waals surface area contributed by atoms with Gasteiger partial charge in [0.2, 0.25) is 0 Å². The van der Waals surface area contributed by atoms with E-state index in [-0.39, 0.29) is 0 Å². The number of methoxy groups -OCH3 is 2. The average Bonchev–Trinajstić information content (AvgIpc) is 3.57. The molecule has 4 rings (SSSR count). The van der Waals surface area contributed by atoms with Gasteiger partial charge in [-0.05, 0) is 62.1 Å². The Kier molecular flexibility index (Phi) is 8.64. The molecular formula is C26H27N5O5S2. The second-order valence-corrected chi connectivity index (χ2v) is 9.65. The van der Waals surface area contributed by atoms with Crippen molar-refractivity contribution in [3.63, 3.8) is 0 Å². The molecule has 10 nitrogen and oxygen atoms in total. The van der Waals surface area contributed by atoms with Crippen molar-refractivity contribution in [2.24, 2.45) is 0 Å². The number of aryl methyl sites for hydroxylation is 1. The van der Waals surface area contributed by atoms with E-state index in [0.29, 0.717) is 34.3 Å². The summed E-state index contributed by atoms with van der Waals surface area (Å²) in [4.78, 5) is 30.2. The predicted octanol–water partition coefficient (Wildman–Crippen LogP) is 5.01. The molecule has 2 aromatic carbocycles. The average molecular weight is 554 g/mol. The van der Waals surface area contributed by atoms with E-state index in [0.717, 1.165) is 22.2 Å². The molecule has 1 N–H and O–H groups in total. The minimum atomic E-state index is -0.973. The summed E-state index contributed by atoms with van der Waals surface area (Å²) in [7, 11) is 3.13. The van der Waals surface area contributed by atoms with Crippen LogP contribution in [0.5, 0.6) is 11.5 Å². The topological polar surface area (TPSA) is 117 Å². The Balaban J connectivity index is 1.41. The third-order valence-electron chi connectivity index (χ3n) is 5.67. The largest absolute Gasteiger partial charge is 0.493 e. The van der Waals surface area contributed by atoms with Crippen LogP contribution < -0.4 is 14.8 Å². The Hall–Kier alpha value is -3.90. The summed E-state index contributed by atoms with van der Waals surface area (Å²) < 4.78 is 18.1.